The van der Waals surface area contributed by atoms with E-state index >= 15 is 0 Å². The van der Waals surface area contributed by atoms with E-state index in [1.165, 1.54) is 0 Å². The molecule has 0 atom stereocenters. The summed E-state index contributed by atoms with van der Waals surface area (Å²) in [6.07, 6.45) is 1.59. The highest BCUT2D eigenvalue weighted by molar-refractivity contribution is 7.89. The number of fused-ring (bicyclic) bond motifs is 3. The minimum Gasteiger partial charge on any atom is -0.493 e. The molecule has 270 valence electrons. The van der Waals surface area contributed by atoms with Crippen LogP contribution in [0.25, 0.3) is 32.8 Å². The van der Waals surface area contributed by atoms with Crippen molar-refractivity contribution in [1.29, 1.82) is 0 Å². The van der Waals surface area contributed by atoms with Crippen LogP contribution in [0, 0.1) is 6.92 Å². The Morgan fingerprint density at radius 1 is 0.961 bits per heavy atom. The molecule has 0 N–H and O–H groups in total. The van der Waals surface area contributed by atoms with Crippen molar-refractivity contribution in [3.05, 3.63) is 83.3 Å². The van der Waals surface area contributed by atoms with E-state index in [0.29, 0.717) is 70.1 Å². The fraction of sp³-hybridized carbons (Fsp3) is 0.436. The van der Waals surface area contributed by atoms with Gasteiger partial charge in [-0.3, -0.25) is 9.58 Å². The van der Waals surface area contributed by atoms with Crippen LogP contribution in [0.3, 0.4) is 0 Å². The maximum Gasteiger partial charge on any atom is 0.355 e. The first-order valence-corrected chi connectivity index (χ1v) is 19.6. The number of aromatic nitrogens is 3. The van der Waals surface area contributed by atoms with Gasteiger partial charge in [-0.15, -0.1) is 0 Å². The van der Waals surface area contributed by atoms with Crippen LogP contribution in [0.15, 0.2) is 60.7 Å². The van der Waals surface area contributed by atoms with E-state index in [9.17, 15) is 13.2 Å². The maximum absolute atomic E-state index is 14.1. The molecule has 0 amide bonds. The molecule has 0 spiro atoms. The molecule has 2 aliphatic heterocycles. The number of carbonyl (C=O) groups excluding carboxylic acids is 1. The molecule has 2 aromatic heterocycles. The highest BCUT2D eigenvalue weighted by Crippen LogP contribution is 2.39. The molecule has 0 saturated carbocycles. The third-order valence-electron chi connectivity index (χ3n) is 10.2. The Kier molecular flexibility index (Phi) is 10.5. The molecule has 7 rings (SSSR count). The van der Waals surface area contributed by atoms with E-state index in [0.717, 1.165) is 62.9 Å². The molecule has 2 aliphatic rings. The molecule has 51 heavy (non-hydrogen) atoms. The van der Waals surface area contributed by atoms with Crippen LogP contribution >= 0.6 is 0 Å². The van der Waals surface area contributed by atoms with Crippen molar-refractivity contribution in [3.8, 4) is 16.9 Å². The number of nitrogens with zero attached hydrogens (tertiary/aromatic N) is 5. The third-order valence-corrected chi connectivity index (χ3v) is 12.1. The Hall–Kier alpha value is -4.23. The number of carbonyl (C=O) groups is 1. The molecule has 5 aromatic rings. The minimum atomic E-state index is -3.66. The van der Waals surface area contributed by atoms with Crippen molar-refractivity contribution in [2.75, 3.05) is 58.4 Å². The van der Waals surface area contributed by atoms with E-state index in [1.807, 2.05) is 53.6 Å². The van der Waals surface area contributed by atoms with Crippen molar-refractivity contribution in [2.24, 2.45) is 7.05 Å². The van der Waals surface area contributed by atoms with Gasteiger partial charge in [0.05, 0.1) is 49.9 Å². The lowest BCUT2D eigenvalue weighted by Gasteiger charge is -2.29. The molecule has 12 heteroatoms. The zero-order chi connectivity index (χ0) is 35.5. The van der Waals surface area contributed by atoms with Crippen LogP contribution < -0.4 is 4.74 Å². The molecule has 1 fully saturated rings. The summed E-state index contributed by atoms with van der Waals surface area (Å²) in [4.78, 5) is 16.1. The quantitative estimate of drug-likeness (QED) is 0.137. The zero-order valence-electron chi connectivity index (χ0n) is 29.8. The average Bonchev–Trinajstić information content (AvgIpc) is 3.60. The van der Waals surface area contributed by atoms with Crippen molar-refractivity contribution in [1.82, 2.24) is 23.6 Å². The summed E-state index contributed by atoms with van der Waals surface area (Å²) < 4.78 is 51.0. The monoisotopic (exact) mass is 713 g/mol. The van der Waals surface area contributed by atoms with E-state index in [-0.39, 0.29) is 18.9 Å². The van der Waals surface area contributed by atoms with Crippen LogP contribution in [-0.2, 0) is 46.1 Å². The lowest BCUT2D eigenvalue weighted by Crippen LogP contribution is -2.43. The molecule has 0 radical (unpaired) electrons. The summed E-state index contributed by atoms with van der Waals surface area (Å²) in [6.45, 7) is 8.91. The number of hydrogen-bond donors (Lipinski definition) is 0. The Balaban J connectivity index is 1.27. The Bertz CT molecular complexity index is 2140. The summed E-state index contributed by atoms with van der Waals surface area (Å²) in [7, 11) is -1.76. The second kappa shape index (κ2) is 15.2. The second-order valence-corrected chi connectivity index (χ2v) is 15.4. The van der Waals surface area contributed by atoms with Crippen LogP contribution in [0.4, 0.5) is 0 Å². The summed E-state index contributed by atoms with van der Waals surface area (Å²) in [6, 6.07) is 20.4. The zero-order valence-corrected chi connectivity index (χ0v) is 30.6. The van der Waals surface area contributed by atoms with Gasteiger partial charge in [-0.2, -0.15) is 9.40 Å². The van der Waals surface area contributed by atoms with Crippen LogP contribution in [-0.4, -0.2) is 96.3 Å². The van der Waals surface area contributed by atoms with Gasteiger partial charge in [0, 0.05) is 67.4 Å². The van der Waals surface area contributed by atoms with Gasteiger partial charge in [0.1, 0.15) is 11.4 Å². The van der Waals surface area contributed by atoms with Gasteiger partial charge in [0.2, 0.25) is 10.0 Å². The first-order chi connectivity index (χ1) is 24.8. The molecular weight excluding hydrogens is 667 g/mol. The van der Waals surface area contributed by atoms with E-state index < -0.39 is 16.0 Å². The smallest absolute Gasteiger partial charge is 0.355 e. The van der Waals surface area contributed by atoms with Gasteiger partial charge >= 0.3 is 5.97 Å². The summed E-state index contributed by atoms with van der Waals surface area (Å²) in [5, 5.41) is 8.03. The number of aryl methyl sites for hydroxylation is 3. The van der Waals surface area contributed by atoms with Gasteiger partial charge in [0.15, 0.2) is 0 Å². The predicted octanol–water partition coefficient (Wildman–Crippen LogP) is 5.56. The van der Waals surface area contributed by atoms with Gasteiger partial charge in [-0.05, 0) is 50.1 Å². The van der Waals surface area contributed by atoms with Crippen molar-refractivity contribution < 1.29 is 27.4 Å². The fourth-order valence-electron chi connectivity index (χ4n) is 7.58. The minimum absolute atomic E-state index is 0.0461. The first-order valence-electron chi connectivity index (χ1n) is 18.0. The molecular formula is C39H47N5O6S. The second-order valence-electron chi connectivity index (χ2n) is 13.3. The molecule has 11 nitrogen and oxygen atoms in total. The van der Waals surface area contributed by atoms with Gasteiger partial charge in [-0.1, -0.05) is 54.6 Å². The van der Waals surface area contributed by atoms with Crippen LogP contribution in [0.2, 0.25) is 0 Å². The largest absolute Gasteiger partial charge is 0.493 e. The molecule has 0 aliphatic carbocycles. The average molecular weight is 714 g/mol. The predicted molar refractivity (Wildman–Crippen MR) is 199 cm³/mol. The normalized spacial score (nSPS) is 16.9. The Morgan fingerprint density at radius 3 is 2.55 bits per heavy atom. The van der Waals surface area contributed by atoms with Crippen molar-refractivity contribution in [3.63, 3.8) is 0 Å². The lowest BCUT2D eigenvalue weighted by molar-refractivity contribution is 0.0361. The summed E-state index contributed by atoms with van der Waals surface area (Å²) >= 11 is 0. The number of benzene rings is 3. The number of esters is 1. The van der Waals surface area contributed by atoms with Crippen LogP contribution in [0.1, 0.15) is 47.2 Å². The van der Waals surface area contributed by atoms with Crippen LogP contribution in [0.5, 0.6) is 5.75 Å². The topological polar surface area (TPSA) is 108 Å². The van der Waals surface area contributed by atoms with Gasteiger partial charge < -0.3 is 18.8 Å². The van der Waals surface area contributed by atoms with Gasteiger partial charge in [-0.25, -0.2) is 13.2 Å². The maximum atomic E-state index is 14.1. The third kappa shape index (κ3) is 7.15. The summed E-state index contributed by atoms with van der Waals surface area (Å²) in [5.74, 6) is 0.380. The van der Waals surface area contributed by atoms with Gasteiger partial charge in [0.25, 0.3) is 0 Å². The fourth-order valence-corrected chi connectivity index (χ4v) is 9.01. The number of para-hydroxylation sites is 1. The number of sulfonamides is 1. The molecule has 0 unspecified atom stereocenters. The summed E-state index contributed by atoms with van der Waals surface area (Å²) in [5.41, 5.74) is 5.74. The molecule has 1 saturated heterocycles. The van der Waals surface area contributed by atoms with Crippen molar-refractivity contribution in [2.45, 2.75) is 46.2 Å². The lowest BCUT2D eigenvalue weighted by atomic mass is 9.98. The van der Waals surface area contributed by atoms with E-state index in [4.69, 9.17) is 19.3 Å². The number of morpholine rings is 1. The highest BCUT2D eigenvalue weighted by atomic mass is 32.2. The first kappa shape index (κ1) is 35.2. The molecule has 3 aromatic carbocycles. The van der Waals surface area contributed by atoms with Crippen molar-refractivity contribution >= 4 is 37.7 Å². The molecule has 4 heterocycles. The Morgan fingerprint density at radius 2 is 1.73 bits per heavy atom. The van der Waals surface area contributed by atoms with E-state index in [2.05, 4.69) is 35.2 Å². The highest BCUT2D eigenvalue weighted by Gasteiger charge is 2.31. The number of rotatable bonds is 10. The number of hydrogen-bond acceptors (Lipinski definition) is 8. The number of ether oxygens (including phenoxy) is 3. The Labute approximate surface area is 299 Å². The SMILES string of the molecule is CCOC(=O)c1c(CCCOc2cccc3ccccc23)c2cccc3c2n1CCCS(=O)(=O)N(CCN1CCOCC1)Cc1nn(C)c(C)c1-3. The molecule has 0 bridgehead atoms. The standard InChI is InChI=1S/C39H47N5O6S/c1-4-49-39(45)38-32(16-9-23-50-35-17-7-12-29-11-5-6-13-30(29)35)31-14-8-15-33-36-28(2)41(3)40-34(36)27-43(20-19-42-21-24-48-25-22-42)51(46,47)26-10-18-44(38)37(31)33/h5-8,11-15,17H,4,9-10,16,18-27H2,1-3H3. The van der Waals surface area contributed by atoms with E-state index in [1.54, 1.807) is 11.2 Å².